The maximum Gasteiger partial charge on any atom is 0.360 e. The third-order valence-corrected chi connectivity index (χ3v) is 4.03. The summed E-state index contributed by atoms with van der Waals surface area (Å²) in [7, 11) is 0. The van der Waals surface area contributed by atoms with Gasteiger partial charge in [-0.15, -0.1) is 0 Å². The zero-order valence-corrected chi connectivity index (χ0v) is 14.9. The van der Waals surface area contributed by atoms with E-state index in [9.17, 15) is 14.4 Å². The van der Waals surface area contributed by atoms with E-state index in [-0.39, 0.29) is 11.6 Å². The topological polar surface area (TPSA) is 101 Å². The first kappa shape index (κ1) is 18.3. The summed E-state index contributed by atoms with van der Waals surface area (Å²) in [5.74, 6) is -1.46. The van der Waals surface area contributed by atoms with Gasteiger partial charge in [-0.1, -0.05) is 50.2 Å². The predicted molar refractivity (Wildman–Crippen MR) is 101 cm³/mol. The van der Waals surface area contributed by atoms with Crippen molar-refractivity contribution in [1.82, 2.24) is 10.2 Å². The molecule has 0 bridgehead atoms. The van der Waals surface area contributed by atoms with Crippen LogP contribution in [-0.2, 0) is 9.53 Å². The Morgan fingerprint density at radius 2 is 1.63 bits per heavy atom. The lowest BCUT2D eigenvalue weighted by Gasteiger charge is -2.20. The maximum absolute atomic E-state index is 12.7. The second-order valence-corrected chi connectivity index (χ2v) is 6.37. The van der Waals surface area contributed by atoms with Gasteiger partial charge in [-0.2, -0.15) is 5.10 Å². The minimum Gasteiger partial charge on any atom is -0.447 e. The highest BCUT2D eigenvalue weighted by Crippen LogP contribution is 2.17. The fraction of sp³-hybridized carbons (Fsp3) is 0.200. The number of para-hydroxylation sites is 1. The molecular weight excluding hydrogens is 346 g/mol. The zero-order valence-electron chi connectivity index (χ0n) is 14.9. The lowest BCUT2D eigenvalue weighted by atomic mass is 10.1. The fourth-order valence-corrected chi connectivity index (χ4v) is 2.67. The van der Waals surface area contributed by atoms with Crippen molar-refractivity contribution in [3.63, 3.8) is 0 Å². The summed E-state index contributed by atoms with van der Waals surface area (Å²) in [4.78, 5) is 37.1. The number of rotatable bonds is 5. The van der Waals surface area contributed by atoms with Crippen molar-refractivity contribution in [1.29, 1.82) is 0 Å². The fourth-order valence-electron chi connectivity index (χ4n) is 2.67. The number of fused-ring (bicyclic) bond motifs is 1. The van der Waals surface area contributed by atoms with Crippen LogP contribution in [0.5, 0.6) is 0 Å². The molecule has 0 unspecified atom stereocenters. The van der Waals surface area contributed by atoms with Crippen LogP contribution in [0.2, 0.25) is 0 Å². The molecule has 3 rings (SSSR count). The normalized spacial score (nSPS) is 12.0. The summed E-state index contributed by atoms with van der Waals surface area (Å²) < 4.78 is 5.44. The molecule has 3 aromatic rings. The van der Waals surface area contributed by atoms with Crippen molar-refractivity contribution in [3.05, 3.63) is 70.6 Å². The number of nitrogens with zero attached hydrogens (tertiary/aromatic N) is 1. The summed E-state index contributed by atoms with van der Waals surface area (Å²) in [6, 6.07) is 15.5. The van der Waals surface area contributed by atoms with Gasteiger partial charge in [0.05, 0.1) is 5.39 Å². The Kier molecular flexibility index (Phi) is 5.30. The summed E-state index contributed by atoms with van der Waals surface area (Å²) in [6.07, 6.45) is -1.01. The van der Waals surface area contributed by atoms with Crippen LogP contribution in [0.15, 0.2) is 59.4 Å². The zero-order chi connectivity index (χ0) is 19.4. The predicted octanol–water partition coefficient (Wildman–Crippen LogP) is 2.74. The molecule has 1 heterocycles. The van der Waals surface area contributed by atoms with E-state index in [2.05, 4.69) is 15.5 Å². The van der Waals surface area contributed by atoms with Crippen LogP contribution >= 0.6 is 0 Å². The average molecular weight is 365 g/mol. The molecule has 0 radical (unpaired) electrons. The molecule has 1 aromatic heterocycles. The lowest BCUT2D eigenvalue weighted by molar-refractivity contribution is -0.126. The lowest BCUT2D eigenvalue weighted by Crippen LogP contribution is -2.37. The van der Waals surface area contributed by atoms with Crippen molar-refractivity contribution < 1.29 is 14.3 Å². The minimum atomic E-state index is -1.01. The van der Waals surface area contributed by atoms with Crippen LogP contribution in [0.1, 0.15) is 24.3 Å². The second kappa shape index (κ2) is 7.82. The third kappa shape index (κ3) is 4.03. The molecule has 1 atom stereocenters. The van der Waals surface area contributed by atoms with E-state index in [4.69, 9.17) is 4.74 Å². The van der Waals surface area contributed by atoms with E-state index in [1.807, 2.05) is 6.07 Å². The van der Waals surface area contributed by atoms with Gasteiger partial charge in [-0.3, -0.25) is 9.59 Å². The Morgan fingerprint density at radius 3 is 2.30 bits per heavy atom. The maximum atomic E-state index is 12.7. The minimum absolute atomic E-state index is 0.0386. The molecule has 0 aliphatic heterocycles. The van der Waals surface area contributed by atoms with Crippen LogP contribution in [0.4, 0.5) is 5.69 Å². The summed E-state index contributed by atoms with van der Waals surface area (Å²) in [6.45, 7) is 3.56. The van der Waals surface area contributed by atoms with E-state index in [0.717, 1.165) is 0 Å². The van der Waals surface area contributed by atoms with Crippen LogP contribution < -0.4 is 10.9 Å². The van der Waals surface area contributed by atoms with E-state index >= 15 is 0 Å². The molecule has 0 aliphatic rings. The quantitative estimate of drug-likeness (QED) is 0.677. The molecule has 27 heavy (non-hydrogen) atoms. The molecule has 2 aromatic carbocycles. The number of aromatic amines is 1. The molecule has 0 spiro atoms. The van der Waals surface area contributed by atoms with Gasteiger partial charge in [-0.05, 0) is 24.1 Å². The van der Waals surface area contributed by atoms with Crippen molar-refractivity contribution >= 4 is 28.3 Å². The van der Waals surface area contributed by atoms with Crippen molar-refractivity contribution in [2.45, 2.75) is 20.0 Å². The summed E-state index contributed by atoms with van der Waals surface area (Å²) in [5, 5.41) is 9.54. The van der Waals surface area contributed by atoms with Gasteiger partial charge in [0.1, 0.15) is 0 Å². The third-order valence-electron chi connectivity index (χ3n) is 4.03. The number of benzene rings is 2. The number of carbonyl (C=O) groups is 2. The monoisotopic (exact) mass is 365 g/mol. The smallest absolute Gasteiger partial charge is 0.360 e. The van der Waals surface area contributed by atoms with Crippen molar-refractivity contribution in [2.24, 2.45) is 5.92 Å². The van der Waals surface area contributed by atoms with E-state index in [1.54, 1.807) is 62.4 Å². The van der Waals surface area contributed by atoms with Gasteiger partial charge in [0.25, 0.3) is 11.5 Å². The molecule has 0 saturated heterocycles. The van der Waals surface area contributed by atoms with Crippen molar-refractivity contribution in [3.8, 4) is 0 Å². The molecule has 0 saturated carbocycles. The first-order chi connectivity index (χ1) is 13.0. The molecule has 7 nitrogen and oxygen atoms in total. The number of amides is 1. The Labute approximate surface area is 155 Å². The van der Waals surface area contributed by atoms with Crippen LogP contribution in [0.25, 0.3) is 10.8 Å². The molecule has 138 valence electrons. The van der Waals surface area contributed by atoms with E-state index < -0.39 is 23.5 Å². The van der Waals surface area contributed by atoms with Gasteiger partial charge in [0.15, 0.2) is 11.8 Å². The highest BCUT2D eigenvalue weighted by atomic mass is 16.5. The number of carbonyl (C=O) groups excluding carboxylic acids is 2. The van der Waals surface area contributed by atoms with Crippen LogP contribution in [0.3, 0.4) is 0 Å². The SMILES string of the molecule is CC(C)[C@H](OC(=O)c1n[nH]c(=O)c2ccccc12)C(=O)Nc1ccccc1. The first-order valence-electron chi connectivity index (χ1n) is 8.51. The number of esters is 1. The van der Waals surface area contributed by atoms with Gasteiger partial charge in [0, 0.05) is 11.1 Å². The average Bonchev–Trinajstić information content (AvgIpc) is 2.67. The number of hydrogen-bond acceptors (Lipinski definition) is 5. The first-order valence-corrected chi connectivity index (χ1v) is 8.51. The van der Waals surface area contributed by atoms with Gasteiger partial charge < -0.3 is 10.1 Å². The second-order valence-electron chi connectivity index (χ2n) is 6.37. The van der Waals surface area contributed by atoms with Crippen LogP contribution in [-0.4, -0.2) is 28.2 Å². The number of anilines is 1. The molecular formula is C20H19N3O4. The summed E-state index contributed by atoms with van der Waals surface area (Å²) >= 11 is 0. The van der Waals surface area contributed by atoms with E-state index in [1.165, 1.54) is 0 Å². The standard InChI is InChI=1S/C20H19N3O4/c1-12(2)17(19(25)21-13-8-4-3-5-9-13)27-20(26)16-14-10-6-7-11-15(14)18(24)23-22-16/h3-12,17H,1-2H3,(H,21,25)(H,23,24)/t17-/m0/s1. The number of H-pyrrole nitrogens is 1. The van der Waals surface area contributed by atoms with Crippen LogP contribution in [0, 0.1) is 5.92 Å². The number of aromatic nitrogens is 2. The van der Waals surface area contributed by atoms with Gasteiger partial charge >= 0.3 is 5.97 Å². The molecule has 7 heteroatoms. The van der Waals surface area contributed by atoms with Gasteiger partial charge in [-0.25, -0.2) is 9.89 Å². The Bertz CT molecular complexity index is 1030. The van der Waals surface area contributed by atoms with Gasteiger partial charge in [0.2, 0.25) is 0 Å². The Hall–Kier alpha value is -3.48. The number of ether oxygens (including phenoxy) is 1. The summed E-state index contributed by atoms with van der Waals surface area (Å²) in [5.41, 5.74) is 0.171. The highest BCUT2D eigenvalue weighted by Gasteiger charge is 2.28. The van der Waals surface area contributed by atoms with E-state index in [0.29, 0.717) is 16.5 Å². The molecule has 0 aliphatic carbocycles. The molecule has 1 amide bonds. The highest BCUT2D eigenvalue weighted by molar-refractivity contribution is 6.03. The molecule has 2 N–H and O–H groups in total. The largest absolute Gasteiger partial charge is 0.447 e. The Balaban J connectivity index is 1.85. The Morgan fingerprint density at radius 1 is 1.00 bits per heavy atom. The number of hydrogen-bond donors (Lipinski definition) is 2. The van der Waals surface area contributed by atoms with Crippen molar-refractivity contribution in [2.75, 3.05) is 5.32 Å². The molecule has 0 fully saturated rings. The number of nitrogens with one attached hydrogen (secondary N) is 2.